The standard InChI is InChI=1S/C15H16FN3O2/c16-11-1-3-12(4-2-11)19-8-5-13(18-19)14(21)17-9-15(10-20)6-7-15/h1-5,8,20H,6-7,9-10H2,(H,17,21). The predicted molar refractivity (Wildman–Crippen MR) is 74.6 cm³/mol. The van der Waals surface area contributed by atoms with Crippen LogP contribution in [-0.4, -0.2) is 33.9 Å². The molecule has 6 heteroatoms. The molecule has 1 fully saturated rings. The van der Waals surface area contributed by atoms with Crippen molar-refractivity contribution in [2.45, 2.75) is 12.8 Å². The highest BCUT2D eigenvalue weighted by atomic mass is 19.1. The van der Waals surface area contributed by atoms with Crippen molar-refractivity contribution in [1.82, 2.24) is 15.1 Å². The first kappa shape index (κ1) is 13.8. The van der Waals surface area contributed by atoms with E-state index in [1.807, 2.05) is 0 Å². The van der Waals surface area contributed by atoms with Crippen molar-refractivity contribution in [3.05, 3.63) is 48.0 Å². The molecule has 0 saturated heterocycles. The monoisotopic (exact) mass is 289 g/mol. The number of hydrogen-bond acceptors (Lipinski definition) is 3. The number of rotatable bonds is 5. The van der Waals surface area contributed by atoms with Crippen molar-refractivity contribution >= 4 is 5.91 Å². The Balaban J connectivity index is 1.66. The summed E-state index contributed by atoms with van der Waals surface area (Å²) in [5.74, 6) is -0.585. The van der Waals surface area contributed by atoms with Crippen molar-refractivity contribution in [3.63, 3.8) is 0 Å². The first-order chi connectivity index (χ1) is 10.1. The molecule has 0 spiro atoms. The highest BCUT2D eigenvalue weighted by Crippen LogP contribution is 2.44. The second-order valence-corrected chi connectivity index (χ2v) is 5.46. The fourth-order valence-corrected chi connectivity index (χ4v) is 2.11. The maximum absolute atomic E-state index is 12.9. The molecule has 0 bridgehead atoms. The molecule has 2 aromatic rings. The number of aliphatic hydroxyl groups is 1. The molecular weight excluding hydrogens is 273 g/mol. The minimum atomic E-state index is -0.317. The molecule has 0 radical (unpaired) electrons. The van der Waals surface area contributed by atoms with Gasteiger partial charge in [0.25, 0.3) is 5.91 Å². The number of carbonyl (C=O) groups excluding carboxylic acids is 1. The van der Waals surface area contributed by atoms with Gasteiger partial charge < -0.3 is 10.4 Å². The minimum absolute atomic E-state index is 0.0945. The average Bonchev–Trinajstić information content (AvgIpc) is 3.12. The normalized spacial score (nSPS) is 15.7. The lowest BCUT2D eigenvalue weighted by Crippen LogP contribution is -2.32. The Morgan fingerprint density at radius 3 is 2.67 bits per heavy atom. The van der Waals surface area contributed by atoms with Crippen LogP contribution in [0.25, 0.3) is 5.69 Å². The summed E-state index contributed by atoms with van der Waals surface area (Å²) in [6.45, 7) is 0.559. The molecule has 3 rings (SSSR count). The summed E-state index contributed by atoms with van der Waals surface area (Å²) in [4.78, 5) is 12.0. The Morgan fingerprint density at radius 2 is 2.05 bits per heavy atom. The minimum Gasteiger partial charge on any atom is -0.396 e. The molecule has 0 atom stereocenters. The Kier molecular flexibility index (Phi) is 3.47. The van der Waals surface area contributed by atoms with Crippen LogP contribution in [0.3, 0.4) is 0 Å². The summed E-state index contributed by atoms with van der Waals surface area (Å²) in [6, 6.07) is 7.48. The van der Waals surface area contributed by atoms with Crippen LogP contribution < -0.4 is 5.32 Å². The maximum Gasteiger partial charge on any atom is 0.271 e. The summed E-state index contributed by atoms with van der Waals surface area (Å²) in [6.07, 6.45) is 3.53. The lowest BCUT2D eigenvalue weighted by atomic mass is 10.1. The van der Waals surface area contributed by atoms with Crippen LogP contribution in [0.15, 0.2) is 36.5 Å². The Morgan fingerprint density at radius 1 is 1.33 bits per heavy atom. The molecule has 1 aliphatic rings. The molecule has 0 unspecified atom stereocenters. The van der Waals surface area contributed by atoms with Crippen LogP contribution >= 0.6 is 0 Å². The summed E-state index contributed by atoms with van der Waals surface area (Å²) in [7, 11) is 0. The van der Waals surface area contributed by atoms with Gasteiger partial charge in [-0.05, 0) is 43.2 Å². The average molecular weight is 289 g/mol. The first-order valence-electron chi connectivity index (χ1n) is 6.83. The number of hydrogen-bond donors (Lipinski definition) is 2. The van der Waals surface area contributed by atoms with Gasteiger partial charge in [0.2, 0.25) is 0 Å². The lowest BCUT2D eigenvalue weighted by molar-refractivity contribution is 0.0930. The molecule has 1 heterocycles. The number of carbonyl (C=O) groups is 1. The van der Waals surface area contributed by atoms with Crippen LogP contribution in [0.5, 0.6) is 0 Å². The van der Waals surface area contributed by atoms with E-state index in [1.165, 1.54) is 16.8 Å². The second-order valence-electron chi connectivity index (χ2n) is 5.46. The van der Waals surface area contributed by atoms with Gasteiger partial charge in [0, 0.05) is 18.2 Å². The van der Waals surface area contributed by atoms with Crippen molar-refractivity contribution in [2.24, 2.45) is 5.41 Å². The molecule has 110 valence electrons. The zero-order valence-electron chi connectivity index (χ0n) is 11.4. The number of benzene rings is 1. The van der Waals surface area contributed by atoms with E-state index in [0.717, 1.165) is 12.8 Å². The smallest absolute Gasteiger partial charge is 0.271 e. The number of aromatic nitrogens is 2. The summed E-state index contributed by atoms with van der Waals surface area (Å²) in [5.41, 5.74) is 0.854. The van der Waals surface area contributed by atoms with Gasteiger partial charge >= 0.3 is 0 Å². The van der Waals surface area contributed by atoms with E-state index in [9.17, 15) is 14.3 Å². The predicted octanol–water partition coefficient (Wildman–Crippen LogP) is 1.51. The Bertz CT molecular complexity index is 647. The number of nitrogens with zero attached hydrogens (tertiary/aromatic N) is 2. The van der Waals surface area contributed by atoms with Crippen LogP contribution in [0.2, 0.25) is 0 Å². The Labute approximate surface area is 121 Å². The maximum atomic E-state index is 12.9. The van der Waals surface area contributed by atoms with E-state index < -0.39 is 0 Å². The third-order valence-electron chi connectivity index (χ3n) is 3.83. The van der Waals surface area contributed by atoms with Crippen LogP contribution in [0.1, 0.15) is 23.3 Å². The number of halogens is 1. The van der Waals surface area contributed by atoms with Gasteiger partial charge in [-0.2, -0.15) is 5.10 Å². The number of amides is 1. The van der Waals surface area contributed by atoms with Gasteiger partial charge in [0.05, 0.1) is 12.3 Å². The van der Waals surface area contributed by atoms with Gasteiger partial charge in [0.1, 0.15) is 5.82 Å². The first-order valence-corrected chi connectivity index (χ1v) is 6.83. The third-order valence-corrected chi connectivity index (χ3v) is 3.83. The number of nitrogens with one attached hydrogen (secondary N) is 1. The summed E-state index contributed by atoms with van der Waals surface area (Å²) in [5, 5.41) is 16.2. The zero-order valence-corrected chi connectivity index (χ0v) is 11.4. The molecule has 1 amide bonds. The molecule has 1 saturated carbocycles. The summed E-state index contributed by atoms with van der Waals surface area (Å²) >= 11 is 0. The molecule has 1 aromatic heterocycles. The molecule has 21 heavy (non-hydrogen) atoms. The molecule has 2 N–H and O–H groups in total. The highest BCUT2D eigenvalue weighted by Gasteiger charge is 2.42. The molecule has 1 aliphatic carbocycles. The van der Waals surface area contributed by atoms with E-state index in [-0.39, 0.29) is 23.7 Å². The molecule has 5 nitrogen and oxygen atoms in total. The molecule has 0 aliphatic heterocycles. The molecule has 1 aromatic carbocycles. The number of aliphatic hydroxyl groups excluding tert-OH is 1. The SMILES string of the molecule is O=C(NCC1(CO)CC1)c1ccn(-c2ccc(F)cc2)n1. The lowest BCUT2D eigenvalue weighted by Gasteiger charge is -2.11. The highest BCUT2D eigenvalue weighted by molar-refractivity contribution is 5.92. The van der Waals surface area contributed by atoms with Crippen molar-refractivity contribution < 1.29 is 14.3 Å². The van der Waals surface area contributed by atoms with Gasteiger partial charge in [0.15, 0.2) is 5.69 Å². The van der Waals surface area contributed by atoms with E-state index in [1.54, 1.807) is 24.4 Å². The Hall–Kier alpha value is -2.21. The largest absolute Gasteiger partial charge is 0.396 e. The van der Waals surface area contributed by atoms with E-state index >= 15 is 0 Å². The van der Waals surface area contributed by atoms with Gasteiger partial charge in [-0.25, -0.2) is 9.07 Å². The van der Waals surface area contributed by atoms with Crippen molar-refractivity contribution in [2.75, 3.05) is 13.2 Å². The van der Waals surface area contributed by atoms with Gasteiger partial charge in [-0.1, -0.05) is 0 Å². The third kappa shape index (κ3) is 2.95. The van der Waals surface area contributed by atoms with E-state index in [2.05, 4.69) is 10.4 Å². The quantitative estimate of drug-likeness (QED) is 0.877. The topological polar surface area (TPSA) is 67.2 Å². The van der Waals surface area contributed by atoms with Crippen molar-refractivity contribution in [3.8, 4) is 5.69 Å². The summed E-state index contributed by atoms with van der Waals surface area (Å²) < 4.78 is 14.4. The van der Waals surface area contributed by atoms with Gasteiger partial charge in [-0.3, -0.25) is 4.79 Å². The van der Waals surface area contributed by atoms with Crippen molar-refractivity contribution in [1.29, 1.82) is 0 Å². The second kappa shape index (κ2) is 5.29. The fraction of sp³-hybridized carbons (Fsp3) is 0.333. The molecular formula is C15H16FN3O2. The zero-order chi connectivity index (χ0) is 14.9. The van der Waals surface area contributed by atoms with Crippen LogP contribution in [0, 0.1) is 11.2 Å². The fourth-order valence-electron chi connectivity index (χ4n) is 2.11. The van der Waals surface area contributed by atoms with Gasteiger partial charge in [-0.15, -0.1) is 0 Å². The van der Waals surface area contributed by atoms with E-state index in [0.29, 0.717) is 17.9 Å². The van der Waals surface area contributed by atoms with Crippen LogP contribution in [-0.2, 0) is 0 Å². The van der Waals surface area contributed by atoms with E-state index in [4.69, 9.17) is 0 Å². The van der Waals surface area contributed by atoms with Crippen LogP contribution in [0.4, 0.5) is 4.39 Å².